The van der Waals surface area contributed by atoms with Crippen LogP contribution in [0.15, 0.2) is 30.3 Å². The fraction of sp³-hybridized carbons (Fsp3) is 0.591. The number of carbonyl (C=O) groups is 3. The highest BCUT2D eigenvalue weighted by Gasteiger charge is 2.32. The lowest BCUT2D eigenvalue weighted by Gasteiger charge is -2.24. The lowest BCUT2D eigenvalue weighted by atomic mass is 9.96. The highest BCUT2D eigenvalue weighted by molar-refractivity contribution is 7.58. The van der Waals surface area contributed by atoms with Gasteiger partial charge in [-0.25, -0.2) is 9.59 Å². The second-order valence-electron chi connectivity index (χ2n) is 8.78. The first-order valence-electron chi connectivity index (χ1n) is 10.7. The van der Waals surface area contributed by atoms with Crippen LogP contribution in [0.1, 0.15) is 46.1 Å². The zero-order valence-corrected chi connectivity index (χ0v) is 20.0. The average molecular weight is 471 g/mol. The molecule has 2 amide bonds. The second-order valence-corrected chi connectivity index (χ2v) is 11.2. The third kappa shape index (κ3) is 11.3. The molecule has 0 heterocycles. The summed E-state index contributed by atoms with van der Waals surface area (Å²) in [5.41, 5.74) is 0.776. The summed E-state index contributed by atoms with van der Waals surface area (Å²) < 4.78 is 17.7. The van der Waals surface area contributed by atoms with Gasteiger partial charge in [0.2, 0.25) is 13.3 Å². The third-order valence-corrected chi connectivity index (χ3v) is 6.30. The zero-order chi connectivity index (χ0) is 24.3. The highest BCUT2D eigenvalue weighted by atomic mass is 31.2. The Labute approximate surface area is 189 Å². The predicted octanol–water partition coefficient (Wildman–Crippen LogP) is 3.42. The first-order valence-corrected chi connectivity index (χ1v) is 12.7. The van der Waals surface area contributed by atoms with Gasteiger partial charge in [0, 0.05) is 12.1 Å². The fourth-order valence-electron chi connectivity index (χ4n) is 3.19. The molecule has 10 heteroatoms. The van der Waals surface area contributed by atoms with E-state index in [0.717, 1.165) is 5.56 Å². The molecule has 32 heavy (non-hydrogen) atoms. The Hall–Kier alpha value is -2.38. The minimum Gasteiger partial charge on any atom is -0.480 e. The van der Waals surface area contributed by atoms with Crippen molar-refractivity contribution in [2.45, 2.75) is 53.2 Å². The summed E-state index contributed by atoms with van der Waals surface area (Å²) in [6, 6.07) is 7.92. The maximum absolute atomic E-state index is 12.7. The molecule has 0 saturated heterocycles. The van der Waals surface area contributed by atoms with Gasteiger partial charge in [-0.3, -0.25) is 9.36 Å². The Bertz CT molecular complexity index is 799. The van der Waals surface area contributed by atoms with Crippen molar-refractivity contribution in [1.82, 2.24) is 10.6 Å². The number of carboxylic acids is 1. The molecule has 0 spiro atoms. The van der Waals surface area contributed by atoms with Crippen LogP contribution in [0.5, 0.6) is 0 Å². The first kappa shape index (κ1) is 27.7. The molecule has 1 aromatic carbocycles. The van der Waals surface area contributed by atoms with E-state index >= 15 is 0 Å². The fourth-order valence-corrected chi connectivity index (χ4v) is 4.70. The van der Waals surface area contributed by atoms with Gasteiger partial charge in [0.1, 0.15) is 12.6 Å². The van der Waals surface area contributed by atoms with Crippen LogP contribution in [-0.4, -0.2) is 46.5 Å². The number of aliphatic carboxylic acids is 1. The topological polar surface area (TPSA) is 142 Å². The SMILES string of the molecule is CC(C)CC(CP(=O)(O)CNC(=O)OCc1ccccc1)C(=O)NC(CC(C)C)C(=O)O. The standard InChI is InChI=1S/C22H35N2O7P/c1-15(2)10-18(20(25)24-19(21(26)27)11-16(3)4)13-32(29,30)14-23-22(28)31-12-17-8-6-5-7-9-17/h5-9,15-16,18-19H,10-14H2,1-4H3,(H,23,28)(H,24,25)(H,26,27)(H,29,30). The summed E-state index contributed by atoms with van der Waals surface area (Å²) in [5, 5.41) is 14.1. The van der Waals surface area contributed by atoms with E-state index in [9.17, 15) is 28.9 Å². The van der Waals surface area contributed by atoms with Crippen LogP contribution < -0.4 is 10.6 Å². The number of carbonyl (C=O) groups excluding carboxylic acids is 2. The molecular formula is C22H35N2O7P. The van der Waals surface area contributed by atoms with Crippen LogP contribution in [-0.2, 0) is 25.5 Å². The quantitative estimate of drug-likeness (QED) is 0.324. The number of hydrogen-bond acceptors (Lipinski definition) is 5. The van der Waals surface area contributed by atoms with E-state index in [0.29, 0.717) is 6.42 Å². The summed E-state index contributed by atoms with van der Waals surface area (Å²) in [6.07, 6.45) is -1.19. The molecular weight excluding hydrogens is 435 g/mol. The van der Waals surface area contributed by atoms with Gasteiger partial charge in [0.15, 0.2) is 0 Å². The van der Waals surface area contributed by atoms with Crippen LogP contribution in [0.4, 0.5) is 4.79 Å². The van der Waals surface area contributed by atoms with Crippen molar-refractivity contribution in [3.8, 4) is 0 Å². The molecule has 0 aliphatic heterocycles. The van der Waals surface area contributed by atoms with Gasteiger partial charge >= 0.3 is 12.1 Å². The summed E-state index contributed by atoms with van der Waals surface area (Å²) >= 11 is 0. The Morgan fingerprint density at radius 2 is 1.62 bits per heavy atom. The number of carboxylic acid groups (broad SMARTS) is 1. The van der Waals surface area contributed by atoms with E-state index in [4.69, 9.17) is 4.74 Å². The van der Waals surface area contributed by atoms with Crippen LogP contribution >= 0.6 is 7.37 Å². The molecule has 0 saturated carbocycles. The Kier molecular flexibility index (Phi) is 11.4. The first-order chi connectivity index (χ1) is 14.9. The summed E-state index contributed by atoms with van der Waals surface area (Å²) in [6.45, 7) is 7.44. The number of rotatable bonds is 13. The zero-order valence-electron chi connectivity index (χ0n) is 19.1. The average Bonchev–Trinajstić information content (AvgIpc) is 2.69. The summed E-state index contributed by atoms with van der Waals surface area (Å²) in [7, 11) is -3.92. The van der Waals surface area contributed by atoms with Crippen molar-refractivity contribution in [1.29, 1.82) is 0 Å². The number of amides is 2. The van der Waals surface area contributed by atoms with Gasteiger partial charge in [-0.2, -0.15) is 0 Å². The Morgan fingerprint density at radius 3 is 2.16 bits per heavy atom. The van der Waals surface area contributed by atoms with E-state index in [1.54, 1.807) is 24.3 Å². The molecule has 180 valence electrons. The molecule has 1 rings (SSSR count). The molecule has 0 radical (unpaired) electrons. The van der Waals surface area contributed by atoms with Crippen molar-refractivity contribution >= 4 is 25.3 Å². The number of alkyl carbamates (subject to hydrolysis) is 1. The van der Waals surface area contributed by atoms with Gasteiger partial charge in [-0.05, 0) is 30.2 Å². The molecule has 0 fully saturated rings. The van der Waals surface area contributed by atoms with E-state index in [1.165, 1.54) is 0 Å². The lowest BCUT2D eigenvalue weighted by molar-refractivity contribution is -0.142. The van der Waals surface area contributed by atoms with Gasteiger partial charge in [-0.1, -0.05) is 58.0 Å². The van der Waals surface area contributed by atoms with Gasteiger partial charge in [0.25, 0.3) is 0 Å². The maximum atomic E-state index is 12.7. The molecule has 0 bridgehead atoms. The van der Waals surface area contributed by atoms with E-state index in [2.05, 4.69) is 10.6 Å². The van der Waals surface area contributed by atoms with Crippen molar-refractivity contribution in [3.63, 3.8) is 0 Å². The smallest absolute Gasteiger partial charge is 0.407 e. The summed E-state index contributed by atoms with van der Waals surface area (Å²) in [4.78, 5) is 46.4. The van der Waals surface area contributed by atoms with E-state index in [1.807, 2.05) is 33.8 Å². The predicted molar refractivity (Wildman–Crippen MR) is 121 cm³/mol. The van der Waals surface area contributed by atoms with Gasteiger partial charge < -0.3 is 25.4 Å². The van der Waals surface area contributed by atoms with Crippen molar-refractivity contribution in [3.05, 3.63) is 35.9 Å². The van der Waals surface area contributed by atoms with Crippen molar-refractivity contribution in [2.75, 3.05) is 12.4 Å². The largest absolute Gasteiger partial charge is 0.480 e. The lowest BCUT2D eigenvalue weighted by Crippen LogP contribution is -2.45. The van der Waals surface area contributed by atoms with Crippen molar-refractivity contribution in [2.24, 2.45) is 17.8 Å². The minimum absolute atomic E-state index is 0.0210. The van der Waals surface area contributed by atoms with Gasteiger partial charge in [0.05, 0.1) is 6.29 Å². The molecule has 0 aromatic heterocycles. The van der Waals surface area contributed by atoms with Gasteiger partial charge in [-0.15, -0.1) is 0 Å². The molecule has 4 N–H and O–H groups in total. The van der Waals surface area contributed by atoms with Crippen LogP contribution in [0.25, 0.3) is 0 Å². The molecule has 3 atom stereocenters. The second kappa shape index (κ2) is 13.2. The van der Waals surface area contributed by atoms with Crippen LogP contribution in [0.3, 0.4) is 0 Å². The van der Waals surface area contributed by atoms with Crippen LogP contribution in [0.2, 0.25) is 0 Å². The number of hydrogen-bond donors (Lipinski definition) is 4. The van der Waals surface area contributed by atoms with Crippen LogP contribution in [0, 0.1) is 17.8 Å². The monoisotopic (exact) mass is 470 g/mol. The molecule has 3 unspecified atom stereocenters. The van der Waals surface area contributed by atoms with E-state index < -0.39 is 43.6 Å². The number of ether oxygens (including phenoxy) is 1. The molecule has 0 aliphatic carbocycles. The van der Waals surface area contributed by atoms with Crippen molar-refractivity contribution < 1.29 is 33.7 Å². The molecule has 0 aliphatic rings. The summed E-state index contributed by atoms with van der Waals surface area (Å²) in [5.74, 6) is -2.49. The minimum atomic E-state index is -3.92. The maximum Gasteiger partial charge on any atom is 0.407 e. The Morgan fingerprint density at radius 1 is 1.03 bits per heavy atom. The number of nitrogens with one attached hydrogen (secondary N) is 2. The number of benzene rings is 1. The Balaban J connectivity index is 2.68. The third-order valence-electron chi connectivity index (χ3n) is 4.64. The molecule has 9 nitrogen and oxygen atoms in total. The normalized spacial score (nSPS) is 15.0. The van der Waals surface area contributed by atoms with E-state index in [-0.39, 0.29) is 31.0 Å². The molecule has 1 aromatic rings. The highest BCUT2D eigenvalue weighted by Crippen LogP contribution is 2.42.